The second kappa shape index (κ2) is 6.85. The van der Waals surface area contributed by atoms with Crippen molar-refractivity contribution in [3.05, 3.63) is 77.4 Å². The molecule has 2 aromatic carbocycles. The van der Waals surface area contributed by atoms with E-state index in [4.69, 9.17) is 4.74 Å². The minimum absolute atomic E-state index is 0.165. The molecule has 3 heteroatoms. The van der Waals surface area contributed by atoms with Gasteiger partial charge >= 0.3 is 0 Å². The highest BCUT2D eigenvalue weighted by Gasteiger charge is 2.22. The Balaban J connectivity index is 2.63. The molecule has 0 amide bonds. The van der Waals surface area contributed by atoms with Crippen molar-refractivity contribution in [2.75, 3.05) is 6.61 Å². The first-order valence-corrected chi connectivity index (χ1v) is 7.13. The van der Waals surface area contributed by atoms with Gasteiger partial charge in [-0.05, 0) is 31.6 Å². The number of ether oxygens (including phenoxy) is 1. The van der Waals surface area contributed by atoms with Crippen molar-refractivity contribution >= 4 is 11.6 Å². The third-order valence-corrected chi connectivity index (χ3v) is 3.37. The molecule has 22 heavy (non-hydrogen) atoms. The van der Waals surface area contributed by atoms with Gasteiger partial charge in [-0.2, -0.15) is 0 Å². The summed E-state index contributed by atoms with van der Waals surface area (Å²) in [6, 6.07) is 12.4. The van der Waals surface area contributed by atoms with Crippen molar-refractivity contribution < 1.29 is 14.3 Å². The Morgan fingerprint density at radius 1 is 1.14 bits per heavy atom. The predicted octanol–water partition coefficient (Wildman–Crippen LogP) is 3.99. The highest BCUT2D eigenvalue weighted by Crippen LogP contribution is 2.30. The van der Waals surface area contributed by atoms with Crippen LogP contribution in [0.4, 0.5) is 0 Å². The lowest BCUT2D eigenvalue weighted by molar-refractivity contribution is 0.103. The Kier molecular flexibility index (Phi) is 4.89. The maximum Gasteiger partial charge on any atom is 0.196 e. The number of ketones is 2. The van der Waals surface area contributed by atoms with Gasteiger partial charge in [0.2, 0.25) is 0 Å². The van der Waals surface area contributed by atoms with Gasteiger partial charge < -0.3 is 4.74 Å². The summed E-state index contributed by atoms with van der Waals surface area (Å²) in [6.07, 6.45) is 1.24. The van der Waals surface area contributed by atoms with Gasteiger partial charge in [0, 0.05) is 5.56 Å². The molecule has 0 aromatic heterocycles. The van der Waals surface area contributed by atoms with Gasteiger partial charge in [0.15, 0.2) is 11.6 Å². The highest BCUT2D eigenvalue weighted by atomic mass is 16.5. The molecular weight excluding hydrogens is 276 g/mol. The van der Waals surface area contributed by atoms with Crippen molar-refractivity contribution in [3.8, 4) is 5.75 Å². The molecule has 0 saturated heterocycles. The van der Waals surface area contributed by atoms with E-state index in [2.05, 4.69) is 6.58 Å². The van der Waals surface area contributed by atoms with E-state index in [9.17, 15) is 9.59 Å². The molecule has 0 aliphatic rings. The van der Waals surface area contributed by atoms with Gasteiger partial charge in [-0.3, -0.25) is 9.59 Å². The summed E-state index contributed by atoms with van der Waals surface area (Å²) in [6.45, 7) is 7.53. The van der Waals surface area contributed by atoms with Crippen molar-refractivity contribution in [3.63, 3.8) is 0 Å². The van der Waals surface area contributed by atoms with Crippen molar-refractivity contribution in [2.24, 2.45) is 0 Å². The predicted molar refractivity (Wildman–Crippen MR) is 86.8 cm³/mol. The van der Waals surface area contributed by atoms with Gasteiger partial charge in [-0.15, -0.1) is 0 Å². The molecule has 2 rings (SSSR count). The van der Waals surface area contributed by atoms with E-state index in [1.165, 1.54) is 6.08 Å². The lowest BCUT2D eigenvalue weighted by Gasteiger charge is -2.15. The molecule has 0 aliphatic heterocycles. The zero-order chi connectivity index (χ0) is 16.1. The average Bonchev–Trinajstić information content (AvgIpc) is 2.55. The van der Waals surface area contributed by atoms with Crippen LogP contribution in [-0.4, -0.2) is 18.2 Å². The summed E-state index contributed by atoms with van der Waals surface area (Å²) in [7, 11) is 0. The van der Waals surface area contributed by atoms with E-state index >= 15 is 0 Å². The lowest BCUT2D eigenvalue weighted by Crippen LogP contribution is -2.11. The number of carbonyl (C=O) groups excluding carboxylic acids is 2. The average molecular weight is 294 g/mol. The Morgan fingerprint density at radius 3 is 2.41 bits per heavy atom. The van der Waals surface area contributed by atoms with E-state index in [0.29, 0.717) is 29.0 Å². The van der Waals surface area contributed by atoms with E-state index in [0.717, 1.165) is 5.56 Å². The summed E-state index contributed by atoms with van der Waals surface area (Å²) in [5, 5.41) is 0. The molecule has 0 spiro atoms. The number of aryl methyl sites for hydroxylation is 1. The van der Waals surface area contributed by atoms with Gasteiger partial charge in [0.1, 0.15) is 5.75 Å². The molecule has 0 N–H and O–H groups in total. The number of hydrogen-bond acceptors (Lipinski definition) is 3. The molecule has 2 aromatic rings. The number of carbonyl (C=O) groups is 2. The fourth-order valence-electron chi connectivity index (χ4n) is 2.31. The molecule has 0 bridgehead atoms. The first-order chi connectivity index (χ1) is 10.6. The molecule has 0 radical (unpaired) electrons. The Bertz CT molecular complexity index is 715. The van der Waals surface area contributed by atoms with E-state index in [1.807, 2.05) is 19.9 Å². The number of allylic oxidation sites excluding steroid dienone is 1. The Labute approximate surface area is 130 Å². The topological polar surface area (TPSA) is 43.4 Å². The summed E-state index contributed by atoms with van der Waals surface area (Å²) < 4.78 is 5.63. The first kappa shape index (κ1) is 15.7. The molecule has 3 nitrogen and oxygen atoms in total. The maximum absolute atomic E-state index is 12.7. The third-order valence-electron chi connectivity index (χ3n) is 3.37. The fraction of sp³-hybridized carbons (Fsp3) is 0.158. The molecular formula is C19H18O3. The van der Waals surface area contributed by atoms with Gasteiger partial charge in [-0.1, -0.05) is 43.0 Å². The standard InChI is InChI=1S/C19H18O3/c1-4-16(20)17-13(3)11-12-15(19(17)22-5-2)18(21)14-9-7-6-8-10-14/h4,6-12H,1,5H2,2-3H3. The minimum Gasteiger partial charge on any atom is -0.492 e. The molecule has 112 valence electrons. The van der Waals surface area contributed by atoms with Crippen LogP contribution < -0.4 is 4.74 Å². The van der Waals surface area contributed by atoms with Crippen molar-refractivity contribution in [1.82, 2.24) is 0 Å². The first-order valence-electron chi connectivity index (χ1n) is 7.13. The highest BCUT2D eigenvalue weighted by molar-refractivity contribution is 6.15. The summed E-state index contributed by atoms with van der Waals surface area (Å²) >= 11 is 0. The third kappa shape index (κ3) is 2.98. The van der Waals surface area contributed by atoms with Crippen LogP contribution in [0.25, 0.3) is 0 Å². The Morgan fingerprint density at radius 2 is 1.82 bits per heavy atom. The zero-order valence-electron chi connectivity index (χ0n) is 12.8. The van der Waals surface area contributed by atoms with Crippen LogP contribution in [0.2, 0.25) is 0 Å². The summed E-state index contributed by atoms with van der Waals surface area (Å²) in [5.74, 6) is -0.0768. The second-order valence-electron chi connectivity index (χ2n) is 4.83. The normalized spacial score (nSPS) is 10.1. The van der Waals surface area contributed by atoms with Crippen LogP contribution >= 0.6 is 0 Å². The molecule has 0 fully saturated rings. The summed E-state index contributed by atoms with van der Waals surface area (Å²) in [4.78, 5) is 24.8. The monoisotopic (exact) mass is 294 g/mol. The van der Waals surface area contributed by atoms with Crippen molar-refractivity contribution in [1.29, 1.82) is 0 Å². The largest absolute Gasteiger partial charge is 0.492 e. The molecule has 0 atom stereocenters. The van der Waals surface area contributed by atoms with Crippen LogP contribution in [0.3, 0.4) is 0 Å². The fourth-order valence-corrected chi connectivity index (χ4v) is 2.31. The van der Waals surface area contributed by atoms with Gasteiger partial charge in [0.05, 0.1) is 17.7 Å². The quantitative estimate of drug-likeness (QED) is 0.597. The van der Waals surface area contributed by atoms with Crippen LogP contribution in [0, 0.1) is 6.92 Å². The molecule has 0 unspecified atom stereocenters. The van der Waals surface area contributed by atoms with Crippen LogP contribution in [0.1, 0.15) is 38.8 Å². The summed E-state index contributed by atoms with van der Waals surface area (Å²) in [5.41, 5.74) is 2.12. The van der Waals surface area contributed by atoms with Crippen molar-refractivity contribution in [2.45, 2.75) is 13.8 Å². The van der Waals surface area contributed by atoms with Crippen LogP contribution in [0.15, 0.2) is 55.1 Å². The van der Waals surface area contributed by atoms with Crippen LogP contribution in [0.5, 0.6) is 5.75 Å². The number of rotatable bonds is 6. The maximum atomic E-state index is 12.7. The lowest BCUT2D eigenvalue weighted by atomic mass is 9.95. The smallest absolute Gasteiger partial charge is 0.196 e. The zero-order valence-corrected chi connectivity index (χ0v) is 12.8. The van der Waals surface area contributed by atoms with Gasteiger partial charge in [-0.25, -0.2) is 0 Å². The van der Waals surface area contributed by atoms with Gasteiger partial charge in [0.25, 0.3) is 0 Å². The molecule has 0 heterocycles. The van der Waals surface area contributed by atoms with Crippen LogP contribution in [-0.2, 0) is 0 Å². The molecule has 0 saturated carbocycles. The van der Waals surface area contributed by atoms with E-state index in [-0.39, 0.29) is 11.6 Å². The second-order valence-corrected chi connectivity index (χ2v) is 4.83. The molecule has 0 aliphatic carbocycles. The SMILES string of the molecule is C=CC(=O)c1c(C)ccc(C(=O)c2ccccc2)c1OCC. The van der Waals surface area contributed by atoms with E-state index < -0.39 is 0 Å². The minimum atomic E-state index is -0.247. The van der Waals surface area contributed by atoms with E-state index in [1.54, 1.807) is 36.4 Å². The number of benzene rings is 2. The Hall–Kier alpha value is -2.68. The number of hydrogen-bond donors (Lipinski definition) is 0.